The maximum atomic E-state index is 13.2. The molecule has 0 fully saturated rings. The van der Waals surface area contributed by atoms with Crippen LogP contribution in [-0.4, -0.2) is 21.1 Å². The summed E-state index contributed by atoms with van der Waals surface area (Å²) in [4.78, 5) is 21.4. The molecule has 3 aromatic rings. The monoisotopic (exact) mass is 356 g/mol. The first-order valence-electron chi connectivity index (χ1n) is 7.61. The molecule has 0 unspecified atom stereocenters. The number of nitrogens with one attached hydrogen (secondary N) is 1. The predicted molar refractivity (Wildman–Crippen MR) is 89.9 cm³/mol. The first kappa shape index (κ1) is 17.4. The maximum absolute atomic E-state index is 13.2. The molecule has 0 bridgehead atoms. The zero-order chi connectivity index (χ0) is 18.5. The van der Waals surface area contributed by atoms with Crippen molar-refractivity contribution in [2.75, 3.05) is 4.90 Å². The van der Waals surface area contributed by atoms with Gasteiger partial charge in [0.2, 0.25) is 5.95 Å². The van der Waals surface area contributed by atoms with Crippen molar-refractivity contribution in [1.82, 2.24) is 15.4 Å². The van der Waals surface area contributed by atoms with Crippen LogP contribution in [0, 0.1) is 11.6 Å². The average molecular weight is 356 g/mol. The number of hydrogen-bond acceptors (Lipinski definition) is 5. The average Bonchev–Trinajstić information content (AvgIpc) is 2.68. The molecule has 1 amide bonds. The molecular formula is C18H14F2N4O2. The van der Waals surface area contributed by atoms with Crippen LogP contribution in [0.2, 0.25) is 0 Å². The fourth-order valence-electron chi connectivity index (χ4n) is 2.31. The Bertz CT molecular complexity index is 885. The Hall–Kier alpha value is -3.39. The van der Waals surface area contributed by atoms with Crippen molar-refractivity contribution in [2.24, 2.45) is 0 Å². The van der Waals surface area contributed by atoms with Crippen molar-refractivity contribution in [1.29, 1.82) is 0 Å². The van der Waals surface area contributed by atoms with Crippen LogP contribution < -0.4 is 10.4 Å². The Morgan fingerprint density at radius 3 is 2.04 bits per heavy atom. The van der Waals surface area contributed by atoms with Crippen LogP contribution >= 0.6 is 0 Å². The summed E-state index contributed by atoms with van der Waals surface area (Å²) < 4.78 is 26.4. The number of rotatable bonds is 5. The molecule has 8 heteroatoms. The van der Waals surface area contributed by atoms with Gasteiger partial charge < -0.3 is 4.90 Å². The van der Waals surface area contributed by atoms with Crippen LogP contribution in [0.4, 0.5) is 20.4 Å². The Kier molecular flexibility index (Phi) is 5.14. The molecule has 0 aliphatic carbocycles. The molecule has 2 aromatic carbocycles. The van der Waals surface area contributed by atoms with Gasteiger partial charge in [-0.3, -0.25) is 10.0 Å². The fraction of sp³-hybridized carbons (Fsp3) is 0.0556. The van der Waals surface area contributed by atoms with Crippen LogP contribution in [0.15, 0.2) is 60.9 Å². The van der Waals surface area contributed by atoms with Crippen LogP contribution in [0.3, 0.4) is 0 Å². The van der Waals surface area contributed by atoms with Gasteiger partial charge in [0.05, 0.1) is 12.1 Å². The minimum absolute atomic E-state index is 0.0806. The summed E-state index contributed by atoms with van der Waals surface area (Å²) >= 11 is 0. The molecule has 3 rings (SSSR count). The quantitative estimate of drug-likeness (QED) is 0.542. The molecule has 1 heterocycles. The standard InChI is InChI=1S/C18H14F2N4O2/c19-14-3-1-12(2-4-14)11-24(16-7-5-15(20)6-8-16)18-21-9-13(10-22-18)17(25)23-26/h1-10,26H,11H2,(H,23,25). The molecule has 6 nitrogen and oxygen atoms in total. The number of hydrogen-bond donors (Lipinski definition) is 2. The number of anilines is 2. The third kappa shape index (κ3) is 3.98. The van der Waals surface area contributed by atoms with E-state index in [1.165, 1.54) is 42.1 Å². The minimum Gasteiger partial charge on any atom is -0.306 e. The smallest absolute Gasteiger partial charge is 0.277 e. The Balaban J connectivity index is 1.95. The van der Waals surface area contributed by atoms with Crippen LogP contribution in [0.25, 0.3) is 0 Å². The van der Waals surface area contributed by atoms with Crippen molar-refractivity contribution in [3.8, 4) is 0 Å². The van der Waals surface area contributed by atoms with Gasteiger partial charge in [0.25, 0.3) is 5.91 Å². The summed E-state index contributed by atoms with van der Waals surface area (Å²) in [5, 5.41) is 8.66. The second kappa shape index (κ2) is 7.66. The summed E-state index contributed by atoms with van der Waals surface area (Å²) in [5.41, 5.74) is 2.99. The van der Waals surface area contributed by atoms with E-state index >= 15 is 0 Å². The Morgan fingerprint density at radius 2 is 1.50 bits per heavy atom. The molecule has 0 atom stereocenters. The molecule has 26 heavy (non-hydrogen) atoms. The molecule has 0 radical (unpaired) electrons. The summed E-state index contributed by atoms with van der Waals surface area (Å²) in [6.45, 7) is 0.303. The number of carbonyl (C=O) groups is 1. The van der Waals surface area contributed by atoms with E-state index in [4.69, 9.17) is 5.21 Å². The van der Waals surface area contributed by atoms with E-state index < -0.39 is 5.91 Å². The zero-order valence-corrected chi connectivity index (χ0v) is 13.4. The third-order valence-electron chi connectivity index (χ3n) is 3.64. The molecule has 0 spiro atoms. The highest BCUT2D eigenvalue weighted by Crippen LogP contribution is 2.25. The number of amides is 1. The van der Waals surface area contributed by atoms with Crippen molar-refractivity contribution >= 4 is 17.5 Å². The molecule has 132 valence electrons. The largest absolute Gasteiger partial charge is 0.306 e. The molecule has 2 N–H and O–H groups in total. The number of benzene rings is 2. The van der Waals surface area contributed by atoms with Crippen molar-refractivity contribution in [3.05, 3.63) is 83.7 Å². The lowest BCUT2D eigenvalue weighted by molar-refractivity contribution is 0.0705. The van der Waals surface area contributed by atoms with E-state index in [0.29, 0.717) is 12.2 Å². The van der Waals surface area contributed by atoms with Gasteiger partial charge in [-0.15, -0.1) is 0 Å². The lowest BCUT2D eigenvalue weighted by atomic mass is 10.2. The lowest BCUT2D eigenvalue weighted by Gasteiger charge is -2.23. The first-order valence-corrected chi connectivity index (χ1v) is 7.61. The SMILES string of the molecule is O=C(NO)c1cnc(N(Cc2ccc(F)cc2)c2ccc(F)cc2)nc1. The summed E-state index contributed by atoms with van der Waals surface area (Å²) in [7, 11) is 0. The van der Waals surface area contributed by atoms with Crippen LogP contribution in [0.5, 0.6) is 0 Å². The van der Waals surface area contributed by atoms with E-state index in [9.17, 15) is 13.6 Å². The molecule has 0 aliphatic rings. The summed E-state index contributed by atoms with van der Waals surface area (Å²) in [6.07, 6.45) is 2.52. The van der Waals surface area contributed by atoms with Crippen molar-refractivity contribution in [2.45, 2.75) is 6.54 Å². The normalized spacial score (nSPS) is 10.4. The van der Waals surface area contributed by atoms with Gasteiger partial charge in [-0.2, -0.15) is 0 Å². The highest BCUT2D eigenvalue weighted by molar-refractivity contribution is 5.92. The predicted octanol–water partition coefficient (Wildman–Crippen LogP) is 3.21. The second-order valence-electron chi connectivity index (χ2n) is 5.40. The highest BCUT2D eigenvalue weighted by atomic mass is 19.1. The fourth-order valence-corrected chi connectivity index (χ4v) is 2.31. The lowest BCUT2D eigenvalue weighted by Crippen LogP contribution is -2.22. The van der Waals surface area contributed by atoms with Crippen molar-refractivity contribution in [3.63, 3.8) is 0 Å². The third-order valence-corrected chi connectivity index (χ3v) is 3.64. The second-order valence-corrected chi connectivity index (χ2v) is 5.40. The van der Waals surface area contributed by atoms with E-state index in [1.54, 1.807) is 29.2 Å². The molecule has 0 saturated heterocycles. The van der Waals surface area contributed by atoms with E-state index in [1.807, 2.05) is 0 Å². The number of aromatic nitrogens is 2. The van der Waals surface area contributed by atoms with Crippen molar-refractivity contribution < 1.29 is 18.8 Å². The van der Waals surface area contributed by atoms with E-state index in [0.717, 1.165) is 5.56 Å². The van der Waals surface area contributed by atoms with Gasteiger partial charge in [-0.1, -0.05) is 12.1 Å². The number of hydroxylamine groups is 1. The summed E-state index contributed by atoms with van der Waals surface area (Å²) in [5.74, 6) is -1.21. The summed E-state index contributed by atoms with van der Waals surface area (Å²) in [6, 6.07) is 11.7. The Morgan fingerprint density at radius 1 is 0.962 bits per heavy atom. The molecular weight excluding hydrogens is 342 g/mol. The number of nitrogens with zero attached hydrogens (tertiary/aromatic N) is 3. The minimum atomic E-state index is -0.733. The van der Waals surface area contributed by atoms with Crippen LogP contribution in [-0.2, 0) is 6.54 Å². The first-order chi connectivity index (χ1) is 12.6. The van der Waals surface area contributed by atoms with Gasteiger partial charge in [0.15, 0.2) is 0 Å². The number of carbonyl (C=O) groups excluding carboxylic acids is 1. The Labute approximate surface area is 147 Å². The van der Waals surface area contributed by atoms with E-state index in [-0.39, 0.29) is 23.1 Å². The van der Waals surface area contributed by atoms with E-state index in [2.05, 4.69) is 9.97 Å². The van der Waals surface area contributed by atoms with Gasteiger partial charge in [-0.25, -0.2) is 24.2 Å². The zero-order valence-electron chi connectivity index (χ0n) is 13.4. The van der Waals surface area contributed by atoms with Gasteiger partial charge in [0, 0.05) is 18.1 Å². The van der Waals surface area contributed by atoms with Gasteiger partial charge in [-0.05, 0) is 42.0 Å². The molecule has 0 aliphatic heterocycles. The van der Waals surface area contributed by atoms with Crippen LogP contribution in [0.1, 0.15) is 15.9 Å². The molecule has 1 aromatic heterocycles. The highest BCUT2D eigenvalue weighted by Gasteiger charge is 2.15. The maximum Gasteiger partial charge on any atom is 0.277 e. The van der Waals surface area contributed by atoms with Gasteiger partial charge >= 0.3 is 0 Å². The number of halogens is 2. The topological polar surface area (TPSA) is 78.3 Å². The molecule has 0 saturated carbocycles. The van der Waals surface area contributed by atoms with Gasteiger partial charge in [0.1, 0.15) is 11.6 Å².